The highest BCUT2D eigenvalue weighted by molar-refractivity contribution is 5.99. The molecule has 0 spiro atoms. The normalized spacial score (nSPS) is 14.2. The summed E-state index contributed by atoms with van der Waals surface area (Å²) in [5.41, 5.74) is -0.454. The first-order valence-electron chi connectivity index (χ1n) is 6.44. The molecule has 2 aromatic rings. The van der Waals surface area contributed by atoms with Gasteiger partial charge in [0.1, 0.15) is 11.5 Å². The number of rotatable bonds is 2. The number of aromatic nitrogens is 1. The highest BCUT2D eigenvalue weighted by Gasteiger charge is 2.30. The molecule has 3 rings (SSSR count). The Morgan fingerprint density at radius 2 is 2.00 bits per heavy atom. The van der Waals surface area contributed by atoms with Crippen LogP contribution in [0.2, 0.25) is 0 Å². The third kappa shape index (κ3) is 2.88. The number of carbonyl (C=O) groups excluding carboxylic acids is 1. The lowest BCUT2D eigenvalue weighted by molar-refractivity contribution is -0.137. The number of ether oxygens (including phenoxy) is 2. The molecule has 1 aliphatic heterocycles. The Hall–Kier alpha value is -2.57. The lowest BCUT2D eigenvalue weighted by Gasteiger charge is -2.16. The van der Waals surface area contributed by atoms with E-state index in [4.69, 9.17) is 9.47 Å². The zero-order chi connectivity index (χ0) is 15.7. The van der Waals surface area contributed by atoms with Crippen LogP contribution < -0.4 is 9.47 Å². The van der Waals surface area contributed by atoms with Crippen LogP contribution in [0.4, 0.5) is 13.2 Å². The SMILES string of the molecule is O=C1CCOc2ccc(Oc3ccc(C(F)(F)F)cn3)cc21. The van der Waals surface area contributed by atoms with Crippen molar-refractivity contribution in [2.24, 2.45) is 0 Å². The first-order valence-corrected chi connectivity index (χ1v) is 6.44. The number of ketones is 1. The number of benzene rings is 1. The lowest BCUT2D eigenvalue weighted by Crippen LogP contribution is -2.15. The summed E-state index contributed by atoms with van der Waals surface area (Å²) in [7, 11) is 0. The summed E-state index contributed by atoms with van der Waals surface area (Å²) in [6, 6.07) is 6.66. The Kier molecular flexibility index (Phi) is 3.48. The average molecular weight is 309 g/mol. The van der Waals surface area contributed by atoms with Gasteiger partial charge in [-0.2, -0.15) is 13.2 Å². The molecule has 0 saturated carbocycles. The van der Waals surface area contributed by atoms with Crippen molar-refractivity contribution in [1.82, 2.24) is 4.98 Å². The van der Waals surface area contributed by atoms with Gasteiger partial charge >= 0.3 is 6.18 Å². The highest BCUT2D eigenvalue weighted by atomic mass is 19.4. The van der Waals surface area contributed by atoms with E-state index in [1.165, 1.54) is 6.07 Å². The summed E-state index contributed by atoms with van der Waals surface area (Å²) in [6.45, 7) is 0.340. The van der Waals surface area contributed by atoms with Crippen molar-refractivity contribution in [3.8, 4) is 17.4 Å². The van der Waals surface area contributed by atoms with Gasteiger partial charge in [0.2, 0.25) is 5.88 Å². The molecule has 1 aromatic carbocycles. The molecule has 1 aliphatic rings. The fourth-order valence-electron chi connectivity index (χ4n) is 2.03. The molecule has 0 amide bonds. The molecular formula is C15H10F3NO3. The van der Waals surface area contributed by atoms with Gasteiger partial charge in [0.15, 0.2) is 5.78 Å². The third-order valence-corrected chi connectivity index (χ3v) is 3.12. The van der Waals surface area contributed by atoms with Gasteiger partial charge in [-0.05, 0) is 24.3 Å². The van der Waals surface area contributed by atoms with E-state index in [2.05, 4.69) is 4.98 Å². The smallest absolute Gasteiger partial charge is 0.417 e. The maximum atomic E-state index is 12.4. The largest absolute Gasteiger partial charge is 0.492 e. The van der Waals surface area contributed by atoms with Crippen molar-refractivity contribution in [2.75, 3.05) is 6.61 Å². The summed E-state index contributed by atoms with van der Waals surface area (Å²) < 4.78 is 48.0. The number of halogens is 3. The molecule has 0 saturated heterocycles. The second-order valence-corrected chi connectivity index (χ2v) is 4.66. The van der Waals surface area contributed by atoms with E-state index in [1.54, 1.807) is 12.1 Å². The van der Waals surface area contributed by atoms with Gasteiger partial charge in [-0.25, -0.2) is 4.98 Å². The molecule has 0 bridgehead atoms. The van der Waals surface area contributed by atoms with Gasteiger partial charge in [-0.1, -0.05) is 0 Å². The first-order chi connectivity index (χ1) is 10.4. The van der Waals surface area contributed by atoms with Crippen molar-refractivity contribution >= 4 is 5.78 Å². The predicted octanol–water partition coefficient (Wildman–Crippen LogP) is 3.86. The van der Waals surface area contributed by atoms with Crippen molar-refractivity contribution in [3.63, 3.8) is 0 Å². The van der Waals surface area contributed by atoms with Crippen LogP contribution in [0.15, 0.2) is 36.5 Å². The minimum absolute atomic E-state index is 0.0112. The molecule has 4 nitrogen and oxygen atoms in total. The summed E-state index contributed by atoms with van der Waals surface area (Å²) in [6.07, 6.45) is -3.46. The first kappa shape index (κ1) is 14.4. The van der Waals surface area contributed by atoms with Crippen molar-refractivity contribution in [2.45, 2.75) is 12.6 Å². The lowest BCUT2D eigenvalue weighted by atomic mass is 10.0. The molecule has 2 heterocycles. The number of pyridine rings is 1. The van der Waals surface area contributed by atoms with E-state index in [0.717, 1.165) is 12.1 Å². The molecule has 0 fully saturated rings. The molecule has 0 unspecified atom stereocenters. The average Bonchev–Trinajstić information content (AvgIpc) is 2.48. The van der Waals surface area contributed by atoms with E-state index < -0.39 is 11.7 Å². The maximum Gasteiger partial charge on any atom is 0.417 e. The standard InChI is InChI=1S/C15H10F3NO3/c16-15(17,18)9-1-4-14(19-8-9)22-10-2-3-13-11(7-10)12(20)5-6-21-13/h1-4,7-8H,5-6H2. The zero-order valence-corrected chi connectivity index (χ0v) is 11.2. The van der Waals surface area contributed by atoms with Crippen molar-refractivity contribution < 1.29 is 27.4 Å². The Bertz CT molecular complexity index is 711. The van der Waals surface area contributed by atoms with E-state index in [-0.39, 0.29) is 18.1 Å². The number of nitrogens with zero attached hydrogens (tertiary/aromatic N) is 1. The van der Waals surface area contributed by atoms with Crippen LogP contribution in [0.3, 0.4) is 0 Å². The minimum Gasteiger partial charge on any atom is -0.492 e. The van der Waals surface area contributed by atoms with Crippen LogP contribution in [0, 0.1) is 0 Å². The predicted molar refractivity (Wildman–Crippen MR) is 70.2 cm³/mol. The second kappa shape index (κ2) is 5.32. The van der Waals surface area contributed by atoms with Gasteiger partial charge in [0.25, 0.3) is 0 Å². The van der Waals surface area contributed by atoms with E-state index in [0.29, 0.717) is 29.9 Å². The number of hydrogen-bond donors (Lipinski definition) is 0. The molecule has 0 aliphatic carbocycles. The molecule has 0 N–H and O–H groups in total. The van der Waals surface area contributed by atoms with E-state index >= 15 is 0 Å². The molecule has 0 radical (unpaired) electrons. The number of carbonyl (C=O) groups is 1. The summed E-state index contributed by atoms with van der Waals surface area (Å²) in [5.74, 6) is 0.734. The molecule has 0 atom stereocenters. The fourth-order valence-corrected chi connectivity index (χ4v) is 2.03. The van der Waals surface area contributed by atoms with Crippen molar-refractivity contribution in [1.29, 1.82) is 0 Å². The van der Waals surface area contributed by atoms with Gasteiger partial charge in [0, 0.05) is 18.7 Å². The van der Waals surface area contributed by atoms with E-state index in [9.17, 15) is 18.0 Å². The Labute approximate surface area is 123 Å². The molecule has 22 heavy (non-hydrogen) atoms. The van der Waals surface area contributed by atoms with Gasteiger partial charge in [-0.15, -0.1) is 0 Å². The Morgan fingerprint density at radius 3 is 2.68 bits per heavy atom. The number of hydrogen-bond acceptors (Lipinski definition) is 4. The summed E-state index contributed by atoms with van der Waals surface area (Å²) >= 11 is 0. The second-order valence-electron chi connectivity index (χ2n) is 4.66. The fraction of sp³-hybridized carbons (Fsp3) is 0.200. The maximum absolute atomic E-state index is 12.4. The number of Topliss-reactive ketones (excluding diaryl/α,β-unsaturated/α-hetero) is 1. The van der Waals surface area contributed by atoms with Gasteiger partial charge in [-0.3, -0.25) is 4.79 Å². The van der Waals surface area contributed by atoms with Crippen molar-refractivity contribution in [3.05, 3.63) is 47.7 Å². The number of fused-ring (bicyclic) bond motifs is 1. The molecule has 114 valence electrons. The van der Waals surface area contributed by atoms with Crippen LogP contribution in [0.1, 0.15) is 22.3 Å². The minimum atomic E-state index is -4.44. The van der Waals surface area contributed by atoms with Crippen LogP contribution >= 0.6 is 0 Å². The van der Waals surface area contributed by atoms with E-state index in [1.807, 2.05) is 0 Å². The molecular weight excluding hydrogens is 299 g/mol. The summed E-state index contributed by atoms with van der Waals surface area (Å²) in [5, 5.41) is 0. The van der Waals surface area contributed by atoms with Crippen LogP contribution in [-0.4, -0.2) is 17.4 Å². The van der Waals surface area contributed by atoms with Crippen LogP contribution in [0.25, 0.3) is 0 Å². The monoisotopic (exact) mass is 309 g/mol. The quantitative estimate of drug-likeness (QED) is 0.845. The Balaban J connectivity index is 1.81. The topological polar surface area (TPSA) is 48.4 Å². The molecule has 1 aromatic heterocycles. The highest BCUT2D eigenvalue weighted by Crippen LogP contribution is 2.32. The Morgan fingerprint density at radius 1 is 1.18 bits per heavy atom. The number of alkyl halides is 3. The van der Waals surface area contributed by atoms with Crippen LogP contribution in [0.5, 0.6) is 17.4 Å². The third-order valence-electron chi connectivity index (χ3n) is 3.12. The zero-order valence-electron chi connectivity index (χ0n) is 11.2. The molecule has 7 heteroatoms. The van der Waals surface area contributed by atoms with Gasteiger partial charge < -0.3 is 9.47 Å². The summed E-state index contributed by atoms with van der Waals surface area (Å²) in [4.78, 5) is 15.4. The van der Waals surface area contributed by atoms with Crippen LogP contribution in [-0.2, 0) is 6.18 Å². The van der Waals surface area contributed by atoms with Gasteiger partial charge in [0.05, 0.1) is 17.7 Å².